The van der Waals surface area contributed by atoms with Gasteiger partial charge in [0.1, 0.15) is 11.1 Å². The van der Waals surface area contributed by atoms with Gasteiger partial charge in [0.05, 0.1) is 6.07 Å². The lowest BCUT2D eigenvalue weighted by Crippen LogP contribution is -2.57. The highest BCUT2D eigenvalue weighted by molar-refractivity contribution is 5.80. The zero-order valence-corrected chi connectivity index (χ0v) is 15.1. The van der Waals surface area contributed by atoms with Crippen LogP contribution < -0.4 is 5.32 Å². The Hall–Kier alpha value is -1.77. The van der Waals surface area contributed by atoms with Gasteiger partial charge in [0.2, 0.25) is 5.91 Å². The van der Waals surface area contributed by atoms with Crippen LogP contribution in [0.5, 0.6) is 0 Å². The number of nitrogens with one attached hydrogen (secondary N) is 1. The van der Waals surface area contributed by atoms with Crippen molar-refractivity contribution in [2.45, 2.75) is 76.9 Å². The Balaban J connectivity index is 1.90. The van der Waals surface area contributed by atoms with Gasteiger partial charge in [-0.15, -0.1) is 0 Å². The van der Waals surface area contributed by atoms with Crippen molar-refractivity contribution in [1.82, 2.24) is 10.2 Å². The molecule has 0 spiro atoms. The van der Waals surface area contributed by atoms with Crippen LogP contribution in [0.4, 0.5) is 4.79 Å². The molecule has 2 rings (SSSR count). The van der Waals surface area contributed by atoms with Gasteiger partial charge in [-0.25, -0.2) is 4.79 Å². The number of nitriles is 1. The van der Waals surface area contributed by atoms with Gasteiger partial charge in [-0.3, -0.25) is 4.79 Å². The van der Waals surface area contributed by atoms with Crippen LogP contribution >= 0.6 is 0 Å². The Morgan fingerprint density at radius 3 is 2.25 bits per heavy atom. The second-order valence-corrected chi connectivity index (χ2v) is 7.99. The first-order valence-corrected chi connectivity index (χ1v) is 8.96. The van der Waals surface area contributed by atoms with Gasteiger partial charge in [0.25, 0.3) is 0 Å². The van der Waals surface area contributed by atoms with Gasteiger partial charge < -0.3 is 15.0 Å². The first-order valence-electron chi connectivity index (χ1n) is 8.96. The summed E-state index contributed by atoms with van der Waals surface area (Å²) in [6, 6.07) is 2.28. The largest absolute Gasteiger partial charge is 0.444 e. The van der Waals surface area contributed by atoms with Crippen molar-refractivity contribution < 1.29 is 14.3 Å². The predicted molar refractivity (Wildman–Crippen MR) is 90.1 cm³/mol. The van der Waals surface area contributed by atoms with Gasteiger partial charge >= 0.3 is 6.09 Å². The Kier molecular flexibility index (Phi) is 5.74. The minimum absolute atomic E-state index is 0.00182. The summed E-state index contributed by atoms with van der Waals surface area (Å²) in [6.45, 7) is 6.34. The van der Waals surface area contributed by atoms with Crippen molar-refractivity contribution in [3.63, 3.8) is 0 Å². The number of ether oxygens (including phenoxy) is 1. The lowest BCUT2D eigenvalue weighted by atomic mass is 9.85. The molecular weight excluding hydrogens is 306 g/mol. The highest BCUT2D eigenvalue weighted by atomic mass is 16.6. The molecule has 1 saturated carbocycles. The molecule has 1 heterocycles. The molecule has 0 unspecified atom stereocenters. The van der Waals surface area contributed by atoms with Gasteiger partial charge in [0, 0.05) is 31.8 Å². The van der Waals surface area contributed by atoms with Gasteiger partial charge in [-0.2, -0.15) is 5.26 Å². The minimum Gasteiger partial charge on any atom is -0.444 e. The highest BCUT2D eigenvalue weighted by Gasteiger charge is 2.39. The molecule has 0 aromatic heterocycles. The topological polar surface area (TPSA) is 82.4 Å². The molecule has 2 fully saturated rings. The van der Waals surface area contributed by atoms with Crippen LogP contribution in [0.3, 0.4) is 0 Å². The van der Waals surface area contributed by atoms with Crippen molar-refractivity contribution in [3.8, 4) is 6.07 Å². The quantitative estimate of drug-likeness (QED) is 0.841. The third kappa shape index (κ3) is 4.86. The molecule has 2 amide bonds. The average molecular weight is 335 g/mol. The summed E-state index contributed by atoms with van der Waals surface area (Å²) in [5.41, 5.74) is -1.39. The molecule has 6 nitrogen and oxygen atoms in total. The van der Waals surface area contributed by atoms with Gasteiger partial charge in [-0.1, -0.05) is 19.3 Å². The molecular formula is C18H29N3O3. The maximum atomic E-state index is 12.5. The summed E-state index contributed by atoms with van der Waals surface area (Å²) < 4.78 is 5.37. The molecule has 134 valence electrons. The number of rotatable bonds is 2. The van der Waals surface area contributed by atoms with E-state index in [9.17, 15) is 14.9 Å². The summed E-state index contributed by atoms with van der Waals surface area (Å²) in [5, 5.41) is 12.6. The van der Waals surface area contributed by atoms with E-state index in [1.54, 1.807) is 4.90 Å². The van der Waals surface area contributed by atoms with Crippen LogP contribution in [0.2, 0.25) is 0 Å². The van der Waals surface area contributed by atoms with E-state index < -0.39 is 11.1 Å². The normalized spacial score (nSPS) is 21.7. The van der Waals surface area contributed by atoms with E-state index in [4.69, 9.17) is 4.74 Å². The first-order chi connectivity index (χ1) is 11.2. The van der Waals surface area contributed by atoms with E-state index in [0.717, 1.165) is 25.7 Å². The fourth-order valence-corrected chi connectivity index (χ4v) is 3.36. The number of hydrogen-bond donors (Lipinski definition) is 1. The number of hydrogen-bond acceptors (Lipinski definition) is 4. The molecule has 1 aliphatic carbocycles. The molecule has 2 aliphatic rings. The number of carbonyl (C=O) groups excluding carboxylic acids is 2. The molecule has 0 atom stereocenters. The Bertz CT molecular complexity index is 505. The summed E-state index contributed by atoms with van der Waals surface area (Å²) in [6.07, 6.45) is 5.73. The fourth-order valence-electron chi connectivity index (χ4n) is 3.36. The van der Waals surface area contributed by atoms with Crippen molar-refractivity contribution in [2.75, 3.05) is 13.1 Å². The molecule has 0 bridgehead atoms. The summed E-state index contributed by atoms with van der Waals surface area (Å²) in [4.78, 5) is 26.2. The van der Waals surface area contributed by atoms with Gasteiger partial charge in [0.15, 0.2) is 0 Å². The van der Waals surface area contributed by atoms with Crippen LogP contribution in [-0.2, 0) is 9.53 Å². The van der Waals surface area contributed by atoms with Crippen LogP contribution in [0.25, 0.3) is 0 Å². The predicted octanol–water partition coefficient (Wildman–Crippen LogP) is 2.98. The Labute approximate surface area is 144 Å². The summed E-state index contributed by atoms with van der Waals surface area (Å²) >= 11 is 0. The van der Waals surface area contributed by atoms with Crippen LogP contribution in [0.15, 0.2) is 0 Å². The monoisotopic (exact) mass is 335 g/mol. The second-order valence-electron chi connectivity index (χ2n) is 7.99. The van der Waals surface area contributed by atoms with E-state index in [1.807, 2.05) is 20.8 Å². The zero-order chi connectivity index (χ0) is 17.8. The maximum absolute atomic E-state index is 12.5. The lowest BCUT2D eigenvalue weighted by Gasteiger charge is -2.39. The number of nitrogens with zero attached hydrogens (tertiary/aromatic N) is 2. The molecule has 0 radical (unpaired) electrons. The molecule has 1 N–H and O–H groups in total. The standard InChI is InChI=1S/C18H29N3O3/c1-17(2,3)24-16(23)21-11-9-18(13-19,10-12-21)20-15(22)14-7-5-4-6-8-14/h14H,4-12H2,1-3H3,(H,20,22). The minimum atomic E-state index is -0.854. The average Bonchev–Trinajstić information content (AvgIpc) is 2.54. The first kappa shape index (κ1) is 18.6. The van der Waals surface area contributed by atoms with Crippen LogP contribution in [-0.4, -0.2) is 41.1 Å². The van der Waals surface area contributed by atoms with E-state index in [1.165, 1.54) is 6.42 Å². The number of likely N-dealkylation sites (tertiary alicyclic amines) is 1. The zero-order valence-electron chi connectivity index (χ0n) is 15.1. The second kappa shape index (κ2) is 7.42. The molecule has 1 saturated heterocycles. The third-order valence-electron chi connectivity index (χ3n) is 4.82. The summed E-state index contributed by atoms with van der Waals surface area (Å²) in [5.74, 6) is 0.0369. The van der Waals surface area contributed by atoms with Crippen molar-refractivity contribution >= 4 is 12.0 Å². The van der Waals surface area contributed by atoms with E-state index in [0.29, 0.717) is 25.9 Å². The summed E-state index contributed by atoms with van der Waals surface area (Å²) in [7, 11) is 0. The van der Waals surface area contributed by atoms with Crippen molar-refractivity contribution in [2.24, 2.45) is 5.92 Å². The smallest absolute Gasteiger partial charge is 0.410 e. The molecule has 6 heteroatoms. The number of carbonyl (C=O) groups is 2. The van der Waals surface area contributed by atoms with Gasteiger partial charge in [-0.05, 0) is 33.6 Å². The number of piperidine rings is 1. The third-order valence-corrected chi connectivity index (χ3v) is 4.82. The lowest BCUT2D eigenvalue weighted by molar-refractivity contribution is -0.127. The SMILES string of the molecule is CC(C)(C)OC(=O)N1CCC(C#N)(NC(=O)C2CCCCC2)CC1. The number of amides is 2. The van der Waals surface area contributed by atoms with E-state index >= 15 is 0 Å². The molecule has 0 aromatic carbocycles. The maximum Gasteiger partial charge on any atom is 0.410 e. The van der Waals surface area contributed by atoms with E-state index in [-0.39, 0.29) is 17.9 Å². The Morgan fingerprint density at radius 2 is 1.75 bits per heavy atom. The fraction of sp³-hybridized carbons (Fsp3) is 0.833. The molecule has 24 heavy (non-hydrogen) atoms. The van der Waals surface area contributed by atoms with Crippen molar-refractivity contribution in [1.29, 1.82) is 5.26 Å². The Morgan fingerprint density at radius 1 is 1.17 bits per heavy atom. The molecule has 1 aliphatic heterocycles. The van der Waals surface area contributed by atoms with E-state index in [2.05, 4.69) is 11.4 Å². The molecule has 0 aromatic rings. The van der Waals surface area contributed by atoms with Crippen LogP contribution in [0.1, 0.15) is 65.7 Å². The van der Waals surface area contributed by atoms with Crippen molar-refractivity contribution in [3.05, 3.63) is 0 Å². The highest BCUT2D eigenvalue weighted by Crippen LogP contribution is 2.27. The van der Waals surface area contributed by atoms with Crippen LogP contribution in [0, 0.1) is 17.2 Å².